The van der Waals surface area contributed by atoms with E-state index in [-0.39, 0.29) is 19.2 Å². The average Bonchev–Trinajstić information content (AvgIpc) is 2.94. The molecule has 1 aliphatic heterocycles. The molecule has 1 heterocycles. The maximum absolute atomic E-state index is 13.7. The summed E-state index contributed by atoms with van der Waals surface area (Å²) < 4.78 is 29.7. The summed E-state index contributed by atoms with van der Waals surface area (Å²) in [6.45, 7) is 0.725. The van der Waals surface area contributed by atoms with Gasteiger partial charge < -0.3 is 19.9 Å². The fraction of sp³-hybridized carbons (Fsp3) is 0.200. The molecule has 5 heteroatoms. The van der Waals surface area contributed by atoms with Crippen LogP contribution in [0.25, 0.3) is 0 Å². The summed E-state index contributed by atoms with van der Waals surface area (Å²) in [5, 5.41) is 0. The van der Waals surface area contributed by atoms with Crippen molar-refractivity contribution in [3.8, 4) is 17.2 Å². The molecular formula is C15H14FNO3. The minimum absolute atomic E-state index is 0.138. The zero-order valence-corrected chi connectivity index (χ0v) is 10.8. The van der Waals surface area contributed by atoms with E-state index in [9.17, 15) is 4.39 Å². The molecule has 0 aliphatic carbocycles. The minimum atomic E-state index is -0.303. The second-order valence-corrected chi connectivity index (χ2v) is 4.43. The Morgan fingerprint density at radius 1 is 1.10 bits per heavy atom. The van der Waals surface area contributed by atoms with Crippen molar-refractivity contribution in [2.45, 2.75) is 13.2 Å². The molecule has 0 bridgehead atoms. The Labute approximate surface area is 115 Å². The van der Waals surface area contributed by atoms with Crippen molar-refractivity contribution in [1.29, 1.82) is 0 Å². The van der Waals surface area contributed by atoms with Gasteiger partial charge in [-0.15, -0.1) is 0 Å². The highest BCUT2D eigenvalue weighted by Gasteiger charge is 2.14. The first-order chi connectivity index (χ1) is 9.76. The summed E-state index contributed by atoms with van der Waals surface area (Å²) in [5.41, 5.74) is 6.89. The van der Waals surface area contributed by atoms with Crippen molar-refractivity contribution in [2.75, 3.05) is 6.79 Å². The summed E-state index contributed by atoms with van der Waals surface area (Å²) in [4.78, 5) is 0. The number of halogens is 1. The average molecular weight is 275 g/mol. The van der Waals surface area contributed by atoms with Gasteiger partial charge in [-0.25, -0.2) is 4.39 Å². The highest BCUT2D eigenvalue weighted by Crippen LogP contribution is 2.35. The van der Waals surface area contributed by atoms with Gasteiger partial charge in [-0.1, -0.05) is 6.07 Å². The van der Waals surface area contributed by atoms with Crippen molar-refractivity contribution < 1.29 is 18.6 Å². The maximum atomic E-state index is 13.7. The second kappa shape index (κ2) is 5.38. The molecule has 2 aromatic carbocycles. The third kappa shape index (κ3) is 2.53. The van der Waals surface area contributed by atoms with E-state index in [1.807, 2.05) is 0 Å². The van der Waals surface area contributed by atoms with Gasteiger partial charge >= 0.3 is 0 Å². The first-order valence-electron chi connectivity index (χ1n) is 6.26. The standard InChI is InChI=1S/C15H14FNO3/c16-13-3-1-10(7-17)5-11(13)8-18-12-2-4-14-15(6-12)20-9-19-14/h1-6H,7-9,17H2. The fourth-order valence-electron chi connectivity index (χ4n) is 1.99. The lowest BCUT2D eigenvalue weighted by Gasteiger charge is -2.09. The number of hydrogen-bond acceptors (Lipinski definition) is 4. The van der Waals surface area contributed by atoms with Crippen LogP contribution in [0.3, 0.4) is 0 Å². The Morgan fingerprint density at radius 2 is 1.95 bits per heavy atom. The summed E-state index contributed by atoms with van der Waals surface area (Å²) >= 11 is 0. The van der Waals surface area contributed by atoms with Crippen LogP contribution in [-0.4, -0.2) is 6.79 Å². The highest BCUT2D eigenvalue weighted by atomic mass is 19.1. The van der Waals surface area contributed by atoms with Crippen molar-refractivity contribution in [2.24, 2.45) is 5.73 Å². The van der Waals surface area contributed by atoms with Crippen LogP contribution in [-0.2, 0) is 13.2 Å². The number of benzene rings is 2. The first kappa shape index (κ1) is 12.7. The van der Waals surface area contributed by atoms with Gasteiger partial charge in [-0.05, 0) is 29.8 Å². The van der Waals surface area contributed by atoms with Gasteiger partial charge in [0.2, 0.25) is 6.79 Å². The monoisotopic (exact) mass is 275 g/mol. The fourth-order valence-corrected chi connectivity index (χ4v) is 1.99. The van der Waals surface area contributed by atoms with Gasteiger partial charge in [0, 0.05) is 18.2 Å². The van der Waals surface area contributed by atoms with Crippen LogP contribution in [0.15, 0.2) is 36.4 Å². The normalized spacial score (nSPS) is 12.5. The van der Waals surface area contributed by atoms with E-state index in [1.54, 1.807) is 30.3 Å². The van der Waals surface area contributed by atoms with E-state index < -0.39 is 0 Å². The molecular weight excluding hydrogens is 261 g/mol. The molecule has 0 fully saturated rings. The van der Waals surface area contributed by atoms with E-state index in [2.05, 4.69) is 0 Å². The van der Waals surface area contributed by atoms with Crippen LogP contribution in [0, 0.1) is 5.82 Å². The summed E-state index contributed by atoms with van der Waals surface area (Å²) in [6.07, 6.45) is 0. The molecule has 0 atom stereocenters. The van der Waals surface area contributed by atoms with Gasteiger partial charge in [0.05, 0.1) is 0 Å². The first-order valence-corrected chi connectivity index (χ1v) is 6.26. The zero-order chi connectivity index (χ0) is 13.9. The van der Waals surface area contributed by atoms with Crippen molar-refractivity contribution in [3.05, 3.63) is 53.3 Å². The molecule has 4 nitrogen and oxygen atoms in total. The predicted molar refractivity (Wildman–Crippen MR) is 71.2 cm³/mol. The summed E-state index contributed by atoms with van der Waals surface area (Å²) in [5.74, 6) is 1.63. The minimum Gasteiger partial charge on any atom is -0.489 e. The molecule has 2 aromatic rings. The Kier molecular flexibility index (Phi) is 3.43. The SMILES string of the molecule is NCc1ccc(F)c(COc2ccc3c(c2)OCO3)c1. The summed E-state index contributed by atoms with van der Waals surface area (Å²) in [6, 6.07) is 10.0. The third-order valence-corrected chi connectivity index (χ3v) is 3.08. The highest BCUT2D eigenvalue weighted by molar-refractivity contribution is 5.46. The lowest BCUT2D eigenvalue weighted by molar-refractivity contribution is 0.173. The molecule has 3 rings (SSSR count). The quantitative estimate of drug-likeness (QED) is 0.931. The molecule has 104 valence electrons. The van der Waals surface area contributed by atoms with Crippen LogP contribution >= 0.6 is 0 Å². The number of hydrogen-bond donors (Lipinski definition) is 1. The van der Waals surface area contributed by atoms with E-state index in [1.165, 1.54) is 6.07 Å². The smallest absolute Gasteiger partial charge is 0.231 e. The van der Waals surface area contributed by atoms with E-state index in [0.717, 1.165) is 5.56 Å². The van der Waals surface area contributed by atoms with Crippen LogP contribution < -0.4 is 19.9 Å². The van der Waals surface area contributed by atoms with Gasteiger partial charge in [-0.3, -0.25) is 0 Å². The molecule has 0 spiro atoms. The topological polar surface area (TPSA) is 53.7 Å². The van der Waals surface area contributed by atoms with E-state index in [4.69, 9.17) is 19.9 Å². The molecule has 0 aromatic heterocycles. The van der Waals surface area contributed by atoms with Gasteiger partial charge in [-0.2, -0.15) is 0 Å². The van der Waals surface area contributed by atoms with Crippen LogP contribution in [0.4, 0.5) is 4.39 Å². The second-order valence-electron chi connectivity index (χ2n) is 4.43. The lowest BCUT2D eigenvalue weighted by atomic mass is 10.1. The Bertz CT molecular complexity index is 631. The van der Waals surface area contributed by atoms with Crippen molar-refractivity contribution >= 4 is 0 Å². The van der Waals surface area contributed by atoms with Crippen molar-refractivity contribution in [1.82, 2.24) is 0 Å². The van der Waals surface area contributed by atoms with Crippen LogP contribution in [0.1, 0.15) is 11.1 Å². The molecule has 2 N–H and O–H groups in total. The molecule has 0 saturated heterocycles. The number of fused-ring (bicyclic) bond motifs is 1. The predicted octanol–water partition coefficient (Wildman–Crippen LogP) is 2.59. The maximum Gasteiger partial charge on any atom is 0.231 e. The van der Waals surface area contributed by atoms with E-state index in [0.29, 0.717) is 29.4 Å². The van der Waals surface area contributed by atoms with Crippen molar-refractivity contribution in [3.63, 3.8) is 0 Å². The van der Waals surface area contributed by atoms with Gasteiger partial charge in [0.15, 0.2) is 11.5 Å². The third-order valence-electron chi connectivity index (χ3n) is 3.08. The van der Waals surface area contributed by atoms with Gasteiger partial charge in [0.25, 0.3) is 0 Å². The molecule has 0 amide bonds. The largest absolute Gasteiger partial charge is 0.489 e. The molecule has 0 unspecified atom stereocenters. The molecule has 0 radical (unpaired) electrons. The Balaban J connectivity index is 1.73. The molecule has 20 heavy (non-hydrogen) atoms. The van der Waals surface area contributed by atoms with Gasteiger partial charge in [0.1, 0.15) is 18.2 Å². The Hall–Kier alpha value is -2.27. The van der Waals surface area contributed by atoms with E-state index >= 15 is 0 Å². The molecule has 0 saturated carbocycles. The molecule has 1 aliphatic rings. The van der Waals surface area contributed by atoms with Crippen LogP contribution in [0.5, 0.6) is 17.2 Å². The number of ether oxygens (including phenoxy) is 3. The summed E-state index contributed by atoms with van der Waals surface area (Å²) in [7, 11) is 0. The lowest BCUT2D eigenvalue weighted by Crippen LogP contribution is -2.02. The van der Waals surface area contributed by atoms with Crippen LogP contribution in [0.2, 0.25) is 0 Å². The zero-order valence-electron chi connectivity index (χ0n) is 10.8. The Morgan fingerprint density at radius 3 is 2.80 bits per heavy atom. The number of nitrogens with two attached hydrogens (primary N) is 1. The number of rotatable bonds is 4.